The topological polar surface area (TPSA) is 95.6 Å². The average Bonchev–Trinajstić information content (AvgIpc) is 3.26. The Hall–Kier alpha value is -3.48. The molecule has 1 aliphatic heterocycles. The Morgan fingerprint density at radius 1 is 1.10 bits per heavy atom. The van der Waals surface area contributed by atoms with Gasteiger partial charge in [0.1, 0.15) is 12.1 Å². The average molecular weight is 405 g/mol. The smallest absolute Gasteiger partial charge is 0.325 e. The van der Waals surface area contributed by atoms with Crippen LogP contribution in [-0.4, -0.2) is 35.1 Å². The lowest BCUT2D eigenvalue weighted by Crippen LogP contribution is -2.42. The van der Waals surface area contributed by atoms with Crippen molar-refractivity contribution < 1.29 is 19.2 Å². The fourth-order valence-electron chi connectivity index (χ4n) is 4.08. The van der Waals surface area contributed by atoms with Crippen molar-refractivity contribution in [3.05, 3.63) is 64.7 Å². The van der Waals surface area contributed by atoms with E-state index in [1.807, 2.05) is 18.2 Å². The zero-order chi connectivity index (χ0) is 21.5. The van der Waals surface area contributed by atoms with Gasteiger partial charge in [0.15, 0.2) is 5.78 Å². The molecule has 0 saturated carbocycles. The predicted molar refractivity (Wildman–Crippen MR) is 111 cm³/mol. The van der Waals surface area contributed by atoms with Crippen LogP contribution < -0.4 is 10.6 Å². The van der Waals surface area contributed by atoms with Crippen molar-refractivity contribution in [2.75, 3.05) is 11.9 Å². The van der Waals surface area contributed by atoms with Crippen molar-refractivity contribution in [1.29, 1.82) is 0 Å². The Bertz CT molecular complexity index is 1080. The Kier molecular flexibility index (Phi) is 4.89. The SMILES string of the molecule is CC(=O)c1cccc(NC(=O)CN2C(=O)N[C@@](C)(c3ccc4c(c3)CCC4)C2=O)c1. The van der Waals surface area contributed by atoms with Crippen molar-refractivity contribution in [2.24, 2.45) is 0 Å². The maximum absolute atomic E-state index is 13.1. The van der Waals surface area contributed by atoms with Crippen LogP contribution in [0.15, 0.2) is 42.5 Å². The van der Waals surface area contributed by atoms with Crippen LogP contribution in [0, 0.1) is 0 Å². The molecule has 7 nitrogen and oxygen atoms in total. The number of imide groups is 1. The molecule has 2 N–H and O–H groups in total. The van der Waals surface area contributed by atoms with Crippen LogP contribution in [0.5, 0.6) is 0 Å². The largest absolute Gasteiger partial charge is 0.325 e. The molecule has 4 amide bonds. The summed E-state index contributed by atoms with van der Waals surface area (Å²) in [6, 6.07) is 11.8. The number of aryl methyl sites for hydroxylation is 2. The van der Waals surface area contributed by atoms with E-state index in [0.29, 0.717) is 11.3 Å². The number of carbonyl (C=O) groups excluding carboxylic acids is 4. The molecule has 7 heteroatoms. The second kappa shape index (κ2) is 7.40. The number of nitrogens with zero attached hydrogens (tertiary/aromatic N) is 1. The molecule has 1 fully saturated rings. The number of benzene rings is 2. The van der Waals surface area contributed by atoms with E-state index in [4.69, 9.17) is 0 Å². The lowest BCUT2D eigenvalue weighted by molar-refractivity contribution is -0.133. The van der Waals surface area contributed by atoms with Crippen LogP contribution in [0.25, 0.3) is 0 Å². The van der Waals surface area contributed by atoms with E-state index >= 15 is 0 Å². The molecule has 1 heterocycles. The number of fused-ring (bicyclic) bond motifs is 1. The van der Waals surface area contributed by atoms with Crippen molar-refractivity contribution >= 4 is 29.3 Å². The monoisotopic (exact) mass is 405 g/mol. The second-order valence-electron chi connectivity index (χ2n) is 7.97. The Balaban J connectivity index is 1.49. The summed E-state index contributed by atoms with van der Waals surface area (Å²) in [6.07, 6.45) is 3.09. The van der Waals surface area contributed by atoms with Crippen molar-refractivity contribution in [1.82, 2.24) is 10.2 Å². The van der Waals surface area contributed by atoms with Crippen LogP contribution >= 0.6 is 0 Å². The number of amides is 4. The number of urea groups is 1. The maximum Gasteiger partial charge on any atom is 0.325 e. The zero-order valence-electron chi connectivity index (χ0n) is 17.0. The lowest BCUT2D eigenvalue weighted by Gasteiger charge is -2.23. The third-order valence-electron chi connectivity index (χ3n) is 5.81. The summed E-state index contributed by atoms with van der Waals surface area (Å²) in [6.45, 7) is 2.70. The van der Waals surface area contributed by atoms with Gasteiger partial charge in [0, 0.05) is 11.3 Å². The number of anilines is 1. The fourth-order valence-corrected chi connectivity index (χ4v) is 4.08. The molecule has 1 aliphatic carbocycles. The minimum absolute atomic E-state index is 0.120. The van der Waals surface area contributed by atoms with Gasteiger partial charge in [-0.1, -0.05) is 30.3 Å². The van der Waals surface area contributed by atoms with Crippen molar-refractivity contribution in [3.63, 3.8) is 0 Å². The van der Waals surface area contributed by atoms with Gasteiger partial charge in [0.2, 0.25) is 5.91 Å². The number of hydrogen-bond donors (Lipinski definition) is 2. The number of carbonyl (C=O) groups is 4. The number of ketones is 1. The molecule has 1 saturated heterocycles. The summed E-state index contributed by atoms with van der Waals surface area (Å²) in [4.78, 5) is 50.5. The lowest BCUT2D eigenvalue weighted by atomic mass is 9.89. The molecule has 2 aromatic rings. The summed E-state index contributed by atoms with van der Waals surface area (Å²) >= 11 is 0. The third-order valence-corrected chi connectivity index (χ3v) is 5.81. The van der Waals surface area contributed by atoms with Crippen LogP contribution in [0.4, 0.5) is 10.5 Å². The van der Waals surface area contributed by atoms with Gasteiger partial charge in [-0.25, -0.2) is 4.79 Å². The van der Waals surface area contributed by atoms with Gasteiger partial charge >= 0.3 is 6.03 Å². The minimum Gasteiger partial charge on any atom is -0.325 e. The Labute approximate surface area is 174 Å². The van der Waals surface area contributed by atoms with Gasteiger partial charge in [-0.2, -0.15) is 0 Å². The summed E-state index contributed by atoms with van der Waals surface area (Å²) in [5, 5.41) is 5.38. The van der Waals surface area contributed by atoms with Gasteiger partial charge in [-0.05, 0) is 61.9 Å². The molecule has 0 radical (unpaired) electrons. The number of rotatable bonds is 5. The van der Waals surface area contributed by atoms with E-state index in [-0.39, 0.29) is 5.78 Å². The van der Waals surface area contributed by atoms with Crippen molar-refractivity contribution in [2.45, 2.75) is 38.6 Å². The molecule has 2 aliphatic rings. The van der Waals surface area contributed by atoms with E-state index in [1.165, 1.54) is 18.1 Å². The normalized spacial score (nSPS) is 20.1. The molecule has 0 aromatic heterocycles. The van der Waals surface area contributed by atoms with Crippen LogP contribution in [0.3, 0.4) is 0 Å². The standard InChI is InChI=1S/C23H23N3O4/c1-14(27)16-6-4-8-19(12-16)24-20(28)13-26-21(29)23(2,25-22(26)30)18-10-9-15-5-3-7-17(15)11-18/h4,6,8-12H,3,5,7,13H2,1-2H3,(H,24,28)(H,25,30)/t23-/m0/s1. The highest BCUT2D eigenvalue weighted by atomic mass is 16.2. The summed E-state index contributed by atoms with van der Waals surface area (Å²) in [5.74, 6) is -1.10. The quantitative estimate of drug-likeness (QED) is 0.591. The molecule has 2 aromatic carbocycles. The Morgan fingerprint density at radius 2 is 1.87 bits per heavy atom. The van der Waals surface area contributed by atoms with Gasteiger partial charge in [0.25, 0.3) is 5.91 Å². The van der Waals surface area contributed by atoms with E-state index in [1.54, 1.807) is 31.2 Å². The van der Waals surface area contributed by atoms with E-state index < -0.39 is 29.9 Å². The summed E-state index contributed by atoms with van der Waals surface area (Å²) in [7, 11) is 0. The highest BCUT2D eigenvalue weighted by molar-refractivity contribution is 6.10. The van der Waals surface area contributed by atoms with E-state index in [0.717, 1.165) is 29.7 Å². The first-order valence-corrected chi connectivity index (χ1v) is 9.95. The fraction of sp³-hybridized carbons (Fsp3) is 0.304. The van der Waals surface area contributed by atoms with Crippen LogP contribution in [0.2, 0.25) is 0 Å². The first kappa shape index (κ1) is 19.8. The van der Waals surface area contributed by atoms with E-state index in [9.17, 15) is 19.2 Å². The van der Waals surface area contributed by atoms with Gasteiger partial charge in [0.05, 0.1) is 0 Å². The van der Waals surface area contributed by atoms with Crippen LogP contribution in [-0.2, 0) is 28.0 Å². The number of nitrogens with one attached hydrogen (secondary N) is 2. The summed E-state index contributed by atoms with van der Waals surface area (Å²) < 4.78 is 0. The van der Waals surface area contributed by atoms with Crippen molar-refractivity contribution in [3.8, 4) is 0 Å². The third kappa shape index (κ3) is 3.47. The second-order valence-corrected chi connectivity index (χ2v) is 7.97. The molecule has 0 unspecified atom stereocenters. The first-order chi connectivity index (χ1) is 14.3. The van der Waals surface area contributed by atoms with Gasteiger partial charge in [-0.3, -0.25) is 19.3 Å². The molecular formula is C23H23N3O4. The molecule has 0 bridgehead atoms. The highest BCUT2D eigenvalue weighted by Gasteiger charge is 2.49. The molecule has 0 spiro atoms. The molecular weight excluding hydrogens is 382 g/mol. The Morgan fingerprint density at radius 3 is 2.63 bits per heavy atom. The minimum atomic E-state index is -1.20. The highest BCUT2D eigenvalue weighted by Crippen LogP contribution is 2.32. The van der Waals surface area contributed by atoms with E-state index in [2.05, 4.69) is 10.6 Å². The molecule has 4 rings (SSSR count). The molecule has 154 valence electrons. The predicted octanol–water partition coefficient (Wildman–Crippen LogP) is 2.78. The number of Topliss-reactive ketones (excluding diaryl/α,β-unsaturated/α-hetero) is 1. The summed E-state index contributed by atoms with van der Waals surface area (Å²) in [5.41, 5.74) is 2.90. The maximum atomic E-state index is 13.1. The first-order valence-electron chi connectivity index (χ1n) is 9.95. The van der Waals surface area contributed by atoms with Gasteiger partial charge in [-0.15, -0.1) is 0 Å². The van der Waals surface area contributed by atoms with Crippen LogP contribution in [0.1, 0.15) is 47.3 Å². The molecule has 1 atom stereocenters. The molecule has 30 heavy (non-hydrogen) atoms. The number of hydrogen-bond acceptors (Lipinski definition) is 4. The van der Waals surface area contributed by atoms with Gasteiger partial charge < -0.3 is 10.6 Å². The zero-order valence-corrected chi connectivity index (χ0v) is 17.0.